The summed E-state index contributed by atoms with van der Waals surface area (Å²) in [5.74, 6) is 0.103. The predicted molar refractivity (Wildman–Crippen MR) is 96.1 cm³/mol. The third-order valence-corrected chi connectivity index (χ3v) is 5.11. The minimum Gasteiger partial charge on any atom is -0.362 e. The normalized spacial score (nSPS) is 14.7. The Morgan fingerprint density at radius 2 is 2.30 bits per heavy atom. The highest BCUT2D eigenvalue weighted by atomic mass is 32.1. The zero-order chi connectivity index (χ0) is 16.4. The molecule has 0 bridgehead atoms. The lowest BCUT2D eigenvalue weighted by atomic mass is 10.1. The molecule has 1 aliphatic heterocycles. The molecule has 122 valence electrons. The standard InChI is InChI=1S/C18H23N3OS/c1-4-12(2)19-18(22)10-21-8-7-15-9-14(5-6-17(15)21)16-11-23-13(3)20-16/h5-6,9,11-12H,4,7-8,10H2,1-3H3,(H,19,22). The summed E-state index contributed by atoms with van der Waals surface area (Å²) < 4.78 is 0. The Morgan fingerprint density at radius 3 is 3.00 bits per heavy atom. The Bertz CT molecular complexity index is 710. The van der Waals surface area contributed by atoms with Gasteiger partial charge >= 0.3 is 0 Å². The number of fused-ring (bicyclic) bond motifs is 1. The maximum atomic E-state index is 12.1. The van der Waals surface area contributed by atoms with Gasteiger partial charge in [-0.05, 0) is 44.4 Å². The van der Waals surface area contributed by atoms with Gasteiger partial charge in [-0.3, -0.25) is 4.79 Å². The van der Waals surface area contributed by atoms with Gasteiger partial charge in [0.15, 0.2) is 0 Å². The van der Waals surface area contributed by atoms with Crippen LogP contribution in [-0.4, -0.2) is 30.0 Å². The number of anilines is 1. The maximum absolute atomic E-state index is 12.1. The Morgan fingerprint density at radius 1 is 1.48 bits per heavy atom. The lowest BCUT2D eigenvalue weighted by molar-refractivity contribution is -0.120. The van der Waals surface area contributed by atoms with Crippen LogP contribution in [0.4, 0.5) is 5.69 Å². The van der Waals surface area contributed by atoms with Gasteiger partial charge in [-0.2, -0.15) is 0 Å². The van der Waals surface area contributed by atoms with E-state index in [2.05, 4.69) is 45.7 Å². The number of aromatic nitrogens is 1. The fourth-order valence-electron chi connectivity index (χ4n) is 2.89. The zero-order valence-corrected chi connectivity index (χ0v) is 14.7. The minimum atomic E-state index is 0.103. The van der Waals surface area contributed by atoms with Crippen LogP contribution < -0.4 is 10.2 Å². The van der Waals surface area contributed by atoms with Crippen LogP contribution in [0.2, 0.25) is 0 Å². The summed E-state index contributed by atoms with van der Waals surface area (Å²) in [6.45, 7) is 7.49. The van der Waals surface area contributed by atoms with Crippen molar-refractivity contribution in [2.75, 3.05) is 18.0 Å². The zero-order valence-electron chi connectivity index (χ0n) is 13.9. The predicted octanol–water partition coefficient (Wildman–Crippen LogP) is 3.40. The molecule has 4 nitrogen and oxygen atoms in total. The number of carbonyl (C=O) groups excluding carboxylic acids is 1. The second kappa shape index (κ2) is 6.71. The molecular weight excluding hydrogens is 306 g/mol. The van der Waals surface area contributed by atoms with E-state index in [1.165, 1.54) is 16.8 Å². The number of rotatable bonds is 5. The second-order valence-corrected chi connectivity index (χ2v) is 7.21. The van der Waals surface area contributed by atoms with Crippen molar-refractivity contribution in [3.05, 3.63) is 34.2 Å². The van der Waals surface area contributed by atoms with Crippen molar-refractivity contribution < 1.29 is 4.79 Å². The molecule has 1 atom stereocenters. The van der Waals surface area contributed by atoms with Crippen molar-refractivity contribution in [3.63, 3.8) is 0 Å². The maximum Gasteiger partial charge on any atom is 0.239 e. The quantitative estimate of drug-likeness (QED) is 0.914. The van der Waals surface area contributed by atoms with E-state index in [0.717, 1.165) is 30.1 Å². The molecule has 1 aromatic carbocycles. The van der Waals surface area contributed by atoms with E-state index in [9.17, 15) is 4.79 Å². The first-order chi connectivity index (χ1) is 11.1. The fraction of sp³-hybridized carbons (Fsp3) is 0.444. The van der Waals surface area contributed by atoms with Crippen molar-refractivity contribution in [3.8, 4) is 11.3 Å². The Kier molecular flexibility index (Phi) is 4.66. The van der Waals surface area contributed by atoms with Gasteiger partial charge < -0.3 is 10.2 Å². The number of amides is 1. The molecule has 1 aliphatic rings. The van der Waals surface area contributed by atoms with Crippen molar-refractivity contribution in [2.45, 2.75) is 39.7 Å². The third-order valence-electron chi connectivity index (χ3n) is 4.34. The largest absolute Gasteiger partial charge is 0.362 e. The molecule has 1 aromatic heterocycles. The van der Waals surface area contributed by atoms with Crippen molar-refractivity contribution in [1.29, 1.82) is 0 Å². The van der Waals surface area contributed by atoms with E-state index < -0.39 is 0 Å². The van der Waals surface area contributed by atoms with E-state index in [4.69, 9.17) is 0 Å². The second-order valence-electron chi connectivity index (χ2n) is 6.14. The van der Waals surface area contributed by atoms with Gasteiger partial charge in [0.2, 0.25) is 5.91 Å². The van der Waals surface area contributed by atoms with Gasteiger partial charge in [0, 0.05) is 29.2 Å². The lowest BCUT2D eigenvalue weighted by Gasteiger charge is -2.20. The molecule has 0 spiro atoms. The highest BCUT2D eigenvalue weighted by molar-refractivity contribution is 7.09. The minimum absolute atomic E-state index is 0.103. The van der Waals surface area contributed by atoms with E-state index in [-0.39, 0.29) is 11.9 Å². The summed E-state index contributed by atoms with van der Waals surface area (Å²) in [5.41, 5.74) is 4.70. The topological polar surface area (TPSA) is 45.2 Å². The summed E-state index contributed by atoms with van der Waals surface area (Å²) in [4.78, 5) is 18.8. The van der Waals surface area contributed by atoms with Gasteiger partial charge in [-0.25, -0.2) is 4.98 Å². The fourth-order valence-corrected chi connectivity index (χ4v) is 3.51. The average molecular weight is 329 g/mol. The summed E-state index contributed by atoms with van der Waals surface area (Å²) in [6.07, 6.45) is 1.95. The number of thiazole rings is 1. The molecule has 1 amide bonds. The summed E-state index contributed by atoms with van der Waals surface area (Å²) in [7, 11) is 0. The number of nitrogens with one attached hydrogen (secondary N) is 1. The van der Waals surface area contributed by atoms with Crippen LogP contribution >= 0.6 is 11.3 Å². The Labute approximate surface area is 141 Å². The summed E-state index contributed by atoms with van der Waals surface area (Å²) >= 11 is 1.67. The molecule has 3 rings (SSSR count). The van der Waals surface area contributed by atoms with Crippen LogP contribution in [-0.2, 0) is 11.2 Å². The molecule has 5 heteroatoms. The molecule has 0 saturated heterocycles. The van der Waals surface area contributed by atoms with Crippen LogP contribution in [0, 0.1) is 6.92 Å². The van der Waals surface area contributed by atoms with E-state index in [1.807, 2.05) is 13.8 Å². The number of hydrogen-bond donors (Lipinski definition) is 1. The molecule has 0 radical (unpaired) electrons. The van der Waals surface area contributed by atoms with Gasteiger partial charge in [0.1, 0.15) is 0 Å². The van der Waals surface area contributed by atoms with E-state index >= 15 is 0 Å². The Balaban J connectivity index is 1.72. The molecule has 23 heavy (non-hydrogen) atoms. The molecule has 0 aliphatic carbocycles. The van der Waals surface area contributed by atoms with Crippen molar-refractivity contribution >= 4 is 22.9 Å². The van der Waals surface area contributed by atoms with E-state index in [1.54, 1.807) is 11.3 Å². The van der Waals surface area contributed by atoms with Crippen LogP contribution in [0.5, 0.6) is 0 Å². The molecule has 1 unspecified atom stereocenters. The van der Waals surface area contributed by atoms with Gasteiger partial charge in [0.05, 0.1) is 17.2 Å². The SMILES string of the molecule is CCC(C)NC(=O)CN1CCc2cc(-c3csc(C)n3)ccc21. The van der Waals surface area contributed by atoms with Crippen molar-refractivity contribution in [2.24, 2.45) is 0 Å². The highest BCUT2D eigenvalue weighted by Gasteiger charge is 2.22. The lowest BCUT2D eigenvalue weighted by Crippen LogP contribution is -2.40. The number of benzene rings is 1. The Hall–Kier alpha value is -1.88. The highest BCUT2D eigenvalue weighted by Crippen LogP contribution is 2.32. The number of aryl methyl sites for hydroxylation is 1. The van der Waals surface area contributed by atoms with Gasteiger partial charge in [-0.1, -0.05) is 13.0 Å². The smallest absolute Gasteiger partial charge is 0.239 e. The monoisotopic (exact) mass is 329 g/mol. The van der Waals surface area contributed by atoms with Gasteiger partial charge in [0.25, 0.3) is 0 Å². The summed E-state index contributed by atoms with van der Waals surface area (Å²) in [5, 5.41) is 6.23. The number of hydrogen-bond acceptors (Lipinski definition) is 4. The van der Waals surface area contributed by atoms with Crippen LogP contribution in [0.15, 0.2) is 23.6 Å². The number of nitrogens with zero attached hydrogens (tertiary/aromatic N) is 2. The molecular formula is C18H23N3OS. The summed E-state index contributed by atoms with van der Waals surface area (Å²) in [6, 6.07) is 6.69. The first-order valence-corrected chi connectivity index (χ1v) is 9.04. The molecule has 2 heterocycles. The van der Waals surface area contributed by atoms with Crippen LogP contribution in [0.3, 0.4) is 0 Å². The van der Waals surface area contributed by atoms with Crippen molar-refractivity contribution in [1.82, 2.24) is 10.3 Å². The van der Waals surface area contributed by atoms with Gasteiger partial charge in [-0.15, -0.1) is 11.3 Å². The third kappa shape index (κ3) is 3.55. The molecule has 1 N–H and O–H groups in total. The van der Waals surface area contributed by atoms with E-state index in [0.29, 0.717) is 6.54 Å². The average Bonchev–Trinajstić information content (AvgIpc) is 3.13. The molecule has 0 fully saturated rings. The van der Waals surface area contributed by atoms with Crippen LogP contribution in [0.1, 0.15) is 30.8 Å². The first kappa shape index (κ1) is 16.0. The molecule has 2 aromatic rings. The van der Waals surface area contributed by atoms with Crippen LogP contribution in [0.25, 0.3) is 11.3 Å². The number of carbonyl (C=O) groups is 1. The molecule has 0 saturated carbocycles. The first-order valence-electron chi connectivity index (χ1n) is 8.16.